The van der Waals surface area contributed by atoms with E-state index in [1.165, 1.54) is 18.1 Å². The summed E-state index contributed by atoms with van der Waals surface area (Å²) in [5, 5.41) is 0. The Morgan fingerprint density at radius 2 is 2.04 bits per heavy atom. The lowest BCUT2D eigenvalue weighted by molar-refractivity contribution is -0.0780. The van der Waals surface area contributed by atoms with Gasteiger partial charge < -0.3 is 0 Å². The Hall–Kier alpha value is -1.37. The predicted octanol–water partition coefficient (Wildman–Crippen LogP) is 2.84. The first-order chi connectivity index (χ1) is 11.2. The minimum Gasteiger partial charge on any atom is -0.294 e. The molecular formula is C17H18BrFN4. The van der Waals surface area contributed by atoms with E-state index < -0.39 is 0 Å². The lowest BCUT2D eigenvalue weighted by atomic mass is 9.87. The van der Waals surface area contributed by atoms with Crippen LogP contribution in [0, 0.1) is 5.82 Å². The molecule has 0 radical (unpaired) electrons. The summed E-state index contributed by atoms with van der Waals surface area (Å²) in [6, 6.07) is 6.36. The van der Waals surface area contributed by atoms with Crippen LogP contribution in [0.1, 0.15) is 17.7 Å². The molecule has 0 aromatic carbocycles. The average Bonchev–Trinajstić information content (AvgIpc) is 2.55. The van der Waals surface area contributed by atoms with Crippen LogP contribution in [0.15, 0.2) is 41.3 Å². The Kier molecular flexibility index (Phi) is 4.13. The number of fused-ring (bicyclic) bond motifs is 2. The van der Waals surface area contributed by atoms with E-state index in [4.69, 9.17) is 0 Å². The zero-order chi connectivity index (χ0) is 15.8. The van der Waals surface area contributed by atoms with Crippen molar-refractivity contribution in [2.24, 2.45) is 0 Å². The molecule has 0 N–H and O–H groups in total. The van der Waals surface area contributed by atoms with Gasteiger partial charge in [0.15, 0.2) is 0 Å². The number of piperazine rings is 1. The Balaban J connectivity index is 1.38. The molecule has 5 rings (SSSR count). The maximum Gasteiger partial charge on any atom is 0.146 e. The average molecular weight is 377 g/mol. The van der Waals surface area contributed by atoms with Crippen molar-refractivity contribution in [3.05, 3.63) is 58.3 Å². The molecule has 3 saturated heterocycles. The van der Waals surface area contributed by atoms with Crippen molar-refractivity contribution in [2.45, 2.75) is 31.6 Å². The molecule has 23 heavy (non-hydrogen) atoms. The molecule has 4 nitrogen and oxygen atoms in total. The van der Waals surface area contributed by atoms with Crippen LogP contribution in [0.2, 0.25) is 0 Å². The minimum absolute atomic E-state index is 0.205. The molecule has 120 valence electrons. The Labute approximate surface area is 143 Å². The fourth-order valence-electron chi connectivity index (χ4n) is 3.66. The van der Waals surface area contributed by atoms with Crippen LogP contribution in [-0.4, -0.2) is 44.9 Å². The maximum absolute atomic E-state index is 13.7. The third-order valence-electron chi connectivity index (χ3n) is 4.75. The Morgan fingerprint density at radius 1 is 1.22 bits per heavy atom. The lowest BCUT2D eigenvalue weighted by Crippen LogP contribution is -2.67. The van der Waals surface area contributed by atoms with Gasteiger partial charge in [0.2, 0.25) is 0 Å². The van der Waals surface area contributed by atoms with Gasteiger partial charge in [-0.3, -0.25) is 19.8 Å². The fourth-order valence-corrected chi connectivity index (χ4v) is 4.07. The third kappa shape index (κ3) is 3.16. The Morgan fingerprint density at radius 3 is 2.78 bits per heavy atom. The summed E-state index contributed by atoms with van der Waals surface area (Å²) in [6.45, 7) is 3.50. The van der Waals surface area contributed by atoms with Crippen molar-refractivity contribution in [1.82, 2.24) is 19.8 Å². The van der Waals surface area contributed by atoms with E-state index in [-0.39, 0.29) is 5.82 Å². The van der Waals surface area contributed by atoms with Gasteiger partial charge in [-0.1, -0.05) is 0 Å². The molecule has 0 spiro atoms. The van der Waals surface area contributed by atoms with Gasteiger partial charge in [0, 0.05) is 61.3 Å². The molecular weight excluding hydrogens is 359 g/mol. The summed E-state index contributed by atoms with van der Waals surface area (Å²) < 4.78 is 14.8. The highest BCUT2D eigenvalue weighted by Crippen LogP contribution is 2.34. The summed E-state index contributed by atoms with van der Waals surface area (Å²) in [7, 11) is 0. The highest BCUT2D eigenvalue weighted by Gasteiger charge is 2.44. The van der Waals surface area contributed by atoms with Gasteiger partial charge in [0.1, 0.15) is 5.82 Å². The van der Waals surface area contributed by atoms with E-state index in [9.17, 15) is 4.39 Å². The van der Waals surface area contributed by atoms with Gasteiger partial charge in [0.05, 0.1) is 5.69 Å². The first-order valence-corrected chi connectivity index (χ1v) is 8.65. The summed E-state index contributed by atoms with van der Waals surface area (Å²) in [6.07, 6.45) is 6.64. The largest absolute Gasteiger partial charge is 0.294 e. The second-order valence-corrected chi connectivity index (χ2v) is 7.27. The summed E-state index contributed by atoms with van der Waals surface area (Å²) in [5.41, 5.74) is 1.79. The molecule has 0 saturated carbocycles. The van der Waals surface area contributed by atoms with Crippen LogP contribution in [0.3, 0.4) is 0 Å². The molecule has 3 aliphatic rings. The number of piperidine rings is 1. The van der Waals surface area contributed by atoms with Crippen LogP contribution in [0.25, 0.3) is 0 Å². The summed E-state index contributed by atoms with van der Waals surface area (Å²) >= 11 is 3.47. The number of hydrogen-bond donors (Lipinski definition) is 0. The number of aromatic nitrogens is 2. The van der Waals surface area contributed by atoms with Gasteiger partial charge in [-0.05, 0) is 46.1 Å². The van der Waals surface area contributed by atoms with Crippen LogP contribution in [-0.2, 0) is 13.1 Å². The summed E-state index contributed by atoms with van der Waals surface area (Å²) in [4.78, 5) is 13.3. The standard InChI is InChI=1S/C17H18BrFN4/c18-13-4-12(6-20-7-13)8-23-14-5-15(23)10-22(9-14)11-17-16(19)2-1-3-21-17/h1-4,6-7,14-15H,5,8-11H2. The fraction of sp³-hybridized carbons (Fsp3) is 0.412. The molecule has 2 aromatic rings. The van der Waals surface area contributed by atoms with E-state index in [1.54, 1.807) is 12.3 Å². The minimum atomic E-state index is -0.205. The molecule has 3 fully saturated rings. The number of hydrogen-bond acceptors (Lipinski definition) is 4. The topological polar surface area (TPSA) is 32.3 Å². The van der Waals surface area contributed by atoms with E-state index >= 15 is 0 Å². The quantitative estimate of drug-likeness (QED) is 0.821. The van der Waals surface area contributed by atoms with Crippen molar-refractivity contribution in [3.8, 4) is 0 Å². The third-order valence-corrected chi connectivity index (χ3v) is 5.19. The number of halogens is 2. The Bertz CT molecular complexity index is 698. The predicted molar refractivity (Wildman–Crippen MR) is 89.1 cm³/mol. The van der Waals surface area contributed by atoms with Crippen molar-refractivity contribution in [2.75, 3.05) is 13.1 Å². The summed E-state index contributed by atoms with van der Waals surface area (Å²) in [5.74, 6) is -0.205. The van der Waals surface area contributed by atoms with Gasteiger partial charge in [0.25, 0.3) is 0 Å². The molecule has 6 heteroatoms. The molecule has 2 aromatic heterocycles. The molecule has 2 atom stereocenters. The molecule has 2 unspecified atom stereocenters. The normalized spacial score (nSPS) is 24.4. The number of nitrogens with zero attached hydrogens (tertiary/aromatic N) is 4. The van der Waals surface area contributed by atoms with Gasteiger partial charge >= 0.3 is 0 Å². The van der Waals surface area contributed by atoms with Gasteiger partial charge in [-0.15, -0.1) is 0 Å². The monoisotopic (exact) mass is 376 g/mol. The van der Waals surface area contributed by atoms with Gasteiger partial charge in [-0.2, -0.15) is 0 Å². The van der Waals surface area contributed by atoms with Crippen molar-refractivity contribution in [3.63, 3.8) is 0 Å². The molecule has 3 aliphatic heterocycles. The second-order valence-electron chi connectivity index (χ2n) is 6.35. The highest BCUT2D eigenvalue weighted by atomic mass is 79.9. The lowest BCUT2D eigenvalue weighted by Gasteiger charge is -2.56. The van der Waals surface area contributed by atoms with Crippen LogP contribution in [0.5, 0.6) is 0 Å². The smallest absolute Gasteiger partial charge is 0.146 e. The highest BCUT2D eigenvalue weighted by molar-refractivity contribution is 9.10. The van der Waals surface area contributed by atoms with Crippen molar-refractivity contribution in [1.29, 1.82) is 0 Å². The van der Waals surface area contributed by atoms with Crippen LogP contribution in [0.4, 0.5) is 4.39 Å². The molecule has 0 aliphatic carbocycles. The number of pyridine rings is 2. The van der Waals surface area contributed by atoms with E-state index in [0.717, 1.165) is 24.1 Å². The van der Waals surface area contributed by atoms with E-state index in [2.05, 4.69) is 41.8 Å². The molecule has 0 amide bonds. The maximum atomic E-state index is 13.7. The van der Waals surface area contributed by atoms with E-state index in [0.29, 0.717) is 24.3 Å². The van der Waals surface area contributed by atoms with E-state index in [1.807, 2.05) is 12.4 Å². The van der Waals surface area contributed by atoms with Crippen LogP contribution < -0.4 is 0 Å². The van der Waals surface area contributed by atoms with Crippen LogP contribution >= 0.6 is 15.9 Å². The number of rotatable bonds is 4. The second kappa shape index (κ2) is 6.26. The molecule has 5 heterocycles. The van der Waals surface area contributed by atoms with Crippen molar-refractivity contribution >= 4 is 15.9 Å². The molecule has 2 bridgehead atoms. The SMILES string of the molecule is Fc1cccnc1CN1CC2CC(C1)N2Cc1cncc(Br)c1. The van der Waals surface area contributed by atoms with Gasteiger partial charge in [-0.25, -0.2) is 4.39 Å². The zero-order valence-corrected chi connectivity index (χ0v) is 14.3. The zero-order valence-electron chi connectivity index (χ0n) is 12.7. The van der Waals surface area contributed by atoms with Crippen molar-refractivity contribution < 1.29 is 4.39 Å². The first-order valence-electron chi connectivity index (χ1n) is 7.86. The first kappa shape index (κ1) is 15.2.